The van der Waals surface area contributed by atoms with Crippen LogP contribution in [0.1, 0.15) is 23.8 Å². The Kier molecular flexibility index (Phi) is 4.53. The number of hydrogen-bond acceptors (Lipinski definition) is 4. The summed E-state index contributed by atoms with van der Waals surface area (Å²) in [4.78, 5) is 22.3. The molecule has 0 bridgehead atoms. The van der Waals surface area contributed by atoms with Crippen LogP contribution in [0.2, 0.25) is 0 Å². The molecule has 0 spiro atoms. The van der Waals surface area contributed by atoms with E-state index >= 15 is 0 Å². The number of benzene rings is 1. The molecule has 26 heavy (non-hydrogen) atoms. The van der Waals surface area contributed by atoms with Crippen molar-refractivity contribution in [2.24, 2.45) is 0 Å². The highest BCUT2D eigenvalue weighted by Gasteiger charge is 2.18. The van der Waals surface area contributed by atoms with Gasteiger partial charge < -0.3 is 9.88 Å². The third kappa shape index (κ3) is 3.25. The first-order valence-corrected chi connectivity index (χ1v) is 9.41. The fraction of sp³-hybridized carbons (Fsp3) is 0.211. The number of carbonyl (C=O) groups is 1. The monoisotopic (exact) mass is 365 g/mol. The van der Waals surface area contributed by atoms with Crippen LogP contribution in [-0.4, -0.2) is 30.9 Å². The molecule has 4 aromatic rings. The third-order valence-electron chi connectivity index (χ3n) is 4.33. The number of amides is 1. The van der Waals surface area contributed by atoms with E-state index in [-0.39, 0.29) is 11.9 Å². The third-order valence-corrected chi connectivity index (χ3v) is 5.17. The molecule has 0 aliphatic carbocycles. The first kappa shape index (κ1) is 16.5. The lowest BCUT2D eigenvalue weighted by Gasteiger charge is -2.17. The first-order valence-electron chi connectivity index (χ1n) is 8.53. The van der Waals surface area contributed by atoms with Gasteiger partial charge in [-0.1, -0.05) is 37.3 Å². The minimum Gasteiger partial charge on any atom is -0.346 e. The molecule has 4 rings (SSSR count). The number of rotatable bonds is 6. The van der Waals surface area contributed by atoms with Gasteiger partial charge in [0.15, 0.2) is 4.96 Å². The van der Waals surface area contributed by atoms with E-state index in [0.717, 1.165) is 22.6 Å². The molecular formula is C19H19N5OS. The van der Waals surface area contributed by atoms with Crippen LogP contribution >= 0.6 is 11.3 Å². The molecule has 1 amide bonds. The maximum absolute atomic E-state index is 12.8. The molecule has 132 valence electrons. The second-order valence-electron chi connectivity index (χ2n) is 6.10. The van der Waals surface area contributed by atoms with Gasteiger partial charge in [0.1, 0.15) is 5.69 Å². The van der Waals surface area contributed by atoms with E-state index < -0.39 is 0 Å². The van der Waals surface area contributed by atoms with E-state index in [1.54, 1.807) is 12.5 Å². The molecular weight excluding hydrogens is 346 g/mol. The van der Waals surface area contributed by atoms with Crippen molar-refractivity contribution in [2.45, 2.75) is 25.9 Å². The van der Waals surface area contributed by atoms with Crippen LogP contribution in [0.5, 0.6) is 0 Å². The topological polar surface area (TPSA) is 64.2 Å². The average molecular weight is 365 g/mol. The molecule has 7 heteroatoms. The Balaban J connectivity index is 1.55. The Bertz CT molecular complexity index is 1000. The van der Waals surface area contributed by atoms with E-state index in [9.17, 15) is 4.79 Å². The quantitative estimate of drug-likeness (QED) is 0.569. The Labute approximate surface area is 155 Å². The number of fused-ring (bicyclic) bond motifs is 1. The fourth-order valence-corrected chi connectivity index (χ4v) is 3.73. The molecule has 1 unspecified atom stereocenters. The first-order chi connectivity index (χ1) is 12.7. The molecule has 0 saturated heterocycles. The van der Waals surface area contributed by atoms with Gasteiger partial charge >= 0.3 is 0 Å². The summed E-state index contributed by atoms with van der Waals surface area (Å²) < 4.78 is 3.84. The summed E-state index contributed by atoms with van der Waals surface area (Å²) in [7, 11) is 0. The van der Waals surface area contributed by atoms with E-state index in [4.69, 9.17) is 0 Å². The lowest BCUT2D eigenvalue weighted by Crippen LogP contribution is -2.37. The second kappa shape index (κ2) is 7.13. The highest BCUT2D eigenvalue weighted by molar-refractivity contribution is 7.15. The van der Waals surface area contributed by atoms with Crippen LogP contribution in [0, 0.1) is 0 Å². The number of nitrogens with one attached hydrogen (secondary N) is 1. The van der Waals surface area contributed by atoms with E-state index in [1.807, 2.05) is 57.1 Å². The maximum Gasteiger partial charge on any atom is 0.269 e. The summed E-state index contributed by atoms with van der Waals surface area (Å²) in [5.41, 5.74) is 2.53. The standard InChI is InChI=1S/C19H19N5OS/c1-2-15(10-23-9-8-20-13-23)21-18(25)17-12-26-19-22-16(11-24(17)19)14-6-4-3-5-7-14/h3-9,11-13,15H,2,10H2,1H3,(H,21,25). The lowest BCUT2D eigenvalue weighted by atomic mass is 10.2. The van der Waals surface area contributed by atoms with Crippen molar-refractivity contribution >= 4 is 22.2 Å². The lowest BCUT2D eigenvalue weighted by molar-refractivity contribution is 0.0926. The summed E-state index contributed by atoms with van der Waals surface area (Å²) in [6.45, 7) is 2.77. The van der Waals surface area contributed by atoms with Crippen molar-refractivity contribution in [1.29, 1.82) is 0 Å². The van der Waals surface area contributed by atoms with Crippen LogP contribution < -0.4 is 5.32 Å². The summed E-state index contributed by atoms with van der Waals surface area (Å²) in [6.07, 6.45) is 8.18. The number of thiazole rings is 1. The predicted octanol–water partition coefficient (Wildman–Crippen LogP) is 3.47. The number of nitrogens with zero attached hydrogens (tertiary/aromatic N) is 4. The van der Waals surface area contributed by atoms with Crippen LogP contribution in [0.15, 0.2) is 60.6 Å². The van der Waals surface area contributed by atoms with Crippen molar-refractivity contribution in [3.8, 4) is 11.3 Å². The molecule has 0 fully saturated rings. The smallest absolute Gasteiger partial charge is 0.269 e. The summed E-state index contributed by atoms with van der Waals surface area (Å²) in [5, 5.41) is 4.98. The zero-order valence-corrected chi connectivity index (χ0v) is 15.2. The number of aromatic nitrogens is 4. The highest BCUT2D eigenvalue weighted by Crippen LogP contribution is 2.23. The van der Waals surface area contributed by atoms with Crippen molar-refractivity contribution in [1.82, 2.24) is 24.3 Å². The summed E-state index contributed by atoms with van der Waals surface area (Å²) in [5.74, 6) is -0.0831. The average Bonchev–Trinajstić information content (AvgIpc) is 3.38. The summed E-state index contributed by atoms with van der Waals surface area (Å²) >= 11 is 1.47. The fourth-order valence-electron chi connectivity index (χ4n) is 2.88. The van der Waals surface area contributed by atoms with Crippen LogP contribution in [0.25, 0.3) is 16.2 Å². The second-order valence-corrected chi connectivity index (χ2v) is 6.94. The molecule has 0 aliphatic heterocycles. The van der Waals surface area contributed by atoms with Crippen molar-refractivity contribution in [3.63, 3.8) is 0 Å². The van der Waals surface area contributed by atoms with Crippen molar-refractivity contribution < 1.29 is 4.79 Å². The van der Waals surface area contributed by atoms with Gasteiger partial charge in [-0.3, -0.25) is 9.20 Å². The normalized spacial score (nSPS) is 12.3. The van der Waals surface area contributed by atoms with Gasteiger partial charge in [-0.05, 0) is 6.42 Å². The van der Waals surface area contributed by atoms with E-state index in [0.29, 0.717) is 12.2 Å². The van der Waals surface area contributed by atoms with Gasteiger partial charge in [-0.25, -0.2) is 9.97 Å². The minimum absolute atomic E-state index is 0.0452. The van der Waals surface area contributed by atoms with Crippen molar-refractivity contribution in [3.05, 3.63) is 66.3 Å². The Morgan fingerprint density at radius 1 is 1.31 bits per heavy atom. The molecule has 0 radical (unpaired) electrons. The van der Waals surface area contributed by atoms with Crippen LogP contribution in [0.3, 0.4) is 0 Å². The van der Waals surface area contributed by atoms with Gasteiger partial charge in [-0.2, -0.15) is 0 Å². The van der Waals surface area contributed by atoms with E-state index in [2.05, 4.69) is 22.2 Å². The number of carbonyl (C=O) groups excluding carboxylic acids is 1. The van der Waals surface area contributed by atoms with Gasteiger partial charge in [0.05, 0.1) is 12.0 Å². The zero-order valence-electron chi connectivity index (χ0n) is 14.4. The predicted molar refractivity (Wildman–Crippen MR) is 102 cm³/mol. The molecule has 1 N–H and O–H groups in total. The molecule has 3 heterocycles. The summed E-state index contributed by atoms with van der Waals surface area (Å²) in [6, 6.07) is 10.0. The molecule has 6 nitrogen and oxygen atoms in total. The van der Waals surface area contributed by atoms with Crippen molar-refractivity contribution in [2.75, 3.05) is 0 Å². The molecule has 0 aliphatic rings. The minimum atomic E-state index is -0.0831. The SMILES string of the molecule is CCC(Cn1ccnc1)NC(=O)c1csc2nc(-c3ccccc3)cn12. The Morgan fingerprint density at radius 2 is 2.15 bits per heavy atom. The molecule has 1 atom stereocenters. The Hall–Kier alpha value is -2.93. The largest absolute Gasteiger partial charge is 0.346 e. The van der Waals surface area contributed by atoms with Crippen LogP contribution in [0.4, 0.5) is 0 Å². The number of imidazole rings is 2. The van der Waals surface area contributed by atoms with Gasteiger partial charge in [0.2, 0.25) is 0 Å². The van der Waals surface area contributed by atoms with E-state index in [1.165, 1.54) is 11.3 Å². The highest BCUT2D eigenvalue weighted by atomic mass is 32.1. The van der Waals surface area contributed by atoms with Gasteiger partial charge in [0, 0.05) is 42.1 Å². The maximum atomic E-state index is 12.8. The van der Waals surface area contributed by atoms with Gasteiger partial charge in [-0.15, -0.1) is 11.3 Å². The van der Waals surface area contributed by atoms with Gasteiger partial charge in [0.25, 0.3) is 5.91 Å². The molecule has 0 saturated carbocycles. The van der Waals surface area contributed by atoms with Crippen LogP contribution in [-0.2, 0) is 6.54 Å². The number of hydrogen-bond donors (Lipinski definition) is 1. The Morgan fingerprint density at radius 3 is 2.88 bits per heavy atom. The zero-order chi connectivity index (χ0) is 17.9. The molecule has 1 aromatic carbocycles. The molecule has 3 aromatic heterocycles.